The topological polar surface area (TPSA) is 189 Å². The molecule has 1 atom stereocenters. The second kappa shape index (κ2) is 15.6. The van der Waals surface area contributed by atoms with Gasteiger partial charge in [-0.2, -0.15) is 9.35 Å². The number of nitrogens with zero attached hydrogens (tertiary/aromatic N) is 2. The Morgan fingerprint density at radius 3 is 1.37 bits per heavy atom. The lowest BCUT2D eigenvalue weighted by atomic mass is 9.78. The summed E-state index contributed by atoms with van der Waals surface area (Å²) >= 11 is 0. The number of fused-ring (bicyclic) bond motifs is 1. The number of rotatable bonds is 9. The molecule has 1 unspecified atom stereocenters. The van der Waals surface area contributed by atoms with Crippen molar-refractivity contribution in [3.05, 3.63) is 86.5 Å². The summed E-state index contributed by atoms with van der Waals surface area (Å²) in [4.78, 5) is 26.5. The summed E-state index contributed by atoms with van der Waals surface area (Å²) in [6, 6.07) is 9.02. The fraction of sp³-hybridized carbons (Fsp3) is 0.489. The first-order valence-electron chi connectivity index (χ1n) is 20.3. The largest absolute Gasteiger partial charge is 0.507 e. The Morgan fingerprint density at radius 1 is 0.593 bits per heavy atom. The highest BCUT2D eigenvalue weighted by Crippen LogP contribution is 2.47. The van der Waals surface area contributed by atoms with Gasteiger partial charge < -0.3 is 30.6 Å². The van der Waals surface area contributed by atoms with E-state index in [0.29, 0.717) is 29.5 Å². The lowest BCUT2D eigenvalue weighted by molar-refractivity contribution is -0.118. The number of hydrogen-bond donors (Lipinski definition) is 8. The minimum absolute atomic E-state index is 0.0351. The predicted molar refractivity (Wildman–Crippen MR) is 232 cm³/mol. The molecular weight excluding hydrogens is 749 g/mol. The molecule has 0 saturated heterocycles. The summed E-state index contributed by atoms with van der Waals surface area (Å²) in [7, 11) is 0. The summed E-state index contributed by atoms with van der Waals surface area (Å²) in [6.07, 6.45) is 2.66. The summed E-state index contributed by atoms with van der Waals surface area (Å²) in [6.45, 7) is 26.0. The van der Waals surface area contributed by atoms with E-state index >= 15 is 0 Å². The van der Waals surface area contributed by atoms with Gasteiger partial charge in [0.2, 0.25) is 35.3 Å². The van der Waals surface area contributed by atoms with E-state index in [1.165, 1.54) is 6.07 Å². The third-order valence-corrected chi connectivity index (χ3v) is 11.2. The Morgan fingerprint density at radius 2 is 0.983 bits per heavy atom. The van der Waals surface area contributed by atoms with E-state index in [4.69, 9.17) is 0 Å². The molecule has 2 aromatic carbocycles. The van der Waals surface area contributed by atoms with Crippen LogP contribution in [0, 0.1) is 0 Å². The van der Waals surface area contributed by atoms with Crippen LogP contribution in [-0.4, -0.2) is 51.8 Å². The number of phenolic OH excluding ortho intramolecular Hbond substituents is 2. The first kappa shape index (κ1) is 44.6. The van der Waals surface area contributed by atoms with Crippen LogP contribution in [0.25, 0.3) is 5.57 Å². The fourth-order valence-corrected chi connectivity index (χ4v) is 7.90. The number of aryl methyl sites for hydroxylation is 2. The molecule has 0 spiro atoms. The van der Waals surface area contributed by atoms with Gasteiger partial charge in [0.05, 0.1) is 0 Å². The van der Waals surface area contributed by atoms with Crippen molar-refractivity contribution in [3.8, 4) is 35.0 Å². The number of hydrogen-bond acceptors (Lipinski definition) is 8. The lowest BCUT2D eigenvalue weighted by Gasteiger charge is -2.28. The maximum Gasteiger partial charge on any atom is 0.239 e. The van der Waals surface area contributed by atoms with E-state index in [-0.39, 0.29) is 69.7 Å². The van der Waals surface area contributed by atoms with E-state index in [2.05, 4.69) is 10.9 Å². The number of nitrogens with one attached hydrogen (secondary N) is 2. The monoisotopic (exact) mass is 812 g/mol. The number of carbonyl (C=O) groups is 2. The van der Waals surface area contributed by atoms with Gasteiger partial charge in [-0.15, -0.1) is 0 Å². The SMILES string of the molecule is CC1=CC(c2cc(O)n(NC(=O)CCc3cc(C(C)(C)C)c(O)c(C(C)(C)C)c3)c2O)Cc2c1c(O)n(NC(=O)CCc1cc(C(C)(C)C)c(O)c(C(C)(C)C)c1)c2O. The second-order valence-corrected chi connectivity index (χ2v) is 20.3. The quantitative estimate of drug-likeness (QED) is 0.0823. The number of aromatic nitrogens is 2. The van der Waals surface area contributed by atoms with E-state index in [1.807, 2.05) is 107 Å². The molecule has 1 aliphatic rings. The zero-order valence-electron chi connectivity index (χ0n) is 37.0. The summed E-state index contributed by atoms with van der Waals surface area (Å²) < 4.78 is 1.87. The first-order chi connectivity index (χ1) is 27.0. The molecule has 2 amide bonds. The van der Waals surface area contributed by atoms with Crippen LogP contribution in [0.5, 0.6) is 35.0 Å². The van der Waals surface area contributed by atoms with Gasteiger partial charge in [0.25, 0.3) is 0 Å². The standard InChI is InChI=1S/C47H64N4O8/c1-25-18-28(29-24-37(54)50(41(29)57)48-35(52)16-14-26-19-31(44(2,3)4)39(55)32(20-26)45(5,6)7)23-30-38(25)43(59)51(42(30)58)49-36(53)17-15-27-21-33(46(8,9)10)40(56)34(22-27)47(11,12)13/h18-22,24,28,54-59H,14-17,23H2,1-13H3,(H,48,52)(H,49,53). The van der Waals surface area contributed by atoms with Crippen LogP contribution in [0.4, 0.5) is 0 Å². The van der Waals surface area contributed by atoms with Gasteiger partial charge in [-0.05, 0) is 86.8 Å². The minimum atomic E-state index is -0.574. The molecule has 8 N–H and O–H groups in total. The molecule has 0 radical (unpaired) electrons. The summed E-state index contributed by atoms with van der Waals surface area (Å²) in [5.74, 6) is -2.47. The molecule has 0 bridgehead atoms. The number of aromatic hydroxyl groups is 6. The molecule has 4 aromatic rings. The van der Waals surface area contributed by atoms with Crippen LogP contribution >= 0.6 is 0 Å². The van der Waals surface area contributed by atoms with Gasteiger partial charge in [-0.1, -0.05) is 113 Å². The maximum atomic E-state index is 13.3. The van der Waals surface area contributed by atoms with Crippen LogP contribution in [0.3, 0.4) is 0 Å². The van der Waals surface area contributed by atoms with Crippen molar-refractivity contribution >= 4 is 17.4 Å². The molecule has 5 rings (SSSR count). The zero-order chi connectivity index (χ0) is 44.3. The van der Waals surface area contributed by atoms with Gasteiger partial charge in [0.15, 0.2) is 0 Å². The highest BCUT2D eigenvalue weighted by atomic mass is 16.3. The van der Waals surface area contributed by atoms with Crippen LogP contribution in [0.2, 0.25) is 0 Å². The molecule has 0 fully saturated rings. The highest BCUT2D eigenvalue weighted by molar-refractivity contribution is 5.86. The van der Waals surface area contributed by atoms with Gasteiger partial charge in [-0.3, -0.25) is 20.4 Å². The lowest BCUT2D eigenvalue weighted by Crippen LogP contribution is -2.23. The van der Waals surface area contributed by atoms with Crippen molar-refractivity contribution in [1.29, 1.82) is 0 Å². The Kier molecular flexibility index (Phi) is 11.8. The predicted octanol–water partition coefficient (Wildman–Crippen LogP) is 8.86. The third kappa shape index (κ3) is 9.21. The van der Waals surface area contributed by atoms with Gasteiger partial charge >= 0.3 is 0 Å². The molecular formula is C47H64N4O8. The Hall–Kier alpha value is -5.52. The van der Waals surface area contributed by atoms with Gasteiger partial charge in [-0.25, -0.2) is 0 Å². The van der Waals surface area contributed by atoms with E-state index in [1.54, 1.807) is 13.0 Å². The number of allylic oxidation sites excluding steroid dienone is 2. The number of phenols is 2. The average Bonchev–Trinajstić information content (AvgIpc) is 3.51. The van der Waals surface area contributed by atoms with Crippen molar-refractivity contribution in [2.45, 2.75) is 150 Å². The van der Waals surface area contributed by atoms with Crippen LogP contribution in [0.1, 0.15) is 159 Å². The van der Waals surface area contributed by atoms with Crippen molar-refractivity contribution in [3.63, 3.8) is 0 Å². The van der Waals surface area contributed by atoms with Gasteiger partial charge in [0.1, 0.15) is 11.5 Å². The van der Waals surface area contributed by atoms with Crippen molar-refractivity contribution in [2.75, 3.05) is 10.9 Å². The van der Waals surface area contributed by atoms with Crippen molar-refractivity contribution in [2.24, 2.45) is 0 Å². The zero-order valence-corrected chi connectivity index (χ0v) is 37.0. The van der Waals surface area contributed by atoms with Crippen molar-refractivity contribution in [1.82, 2.24) is 9.35 Å². The number of benzene rings is 2. The summed E-state index contributed by atoms with van der Waals surface area (Å²) in [5, 5.41) is 66.9. The normalized spacial score (nSPS) is 14.9. The maximum absolute atomic E-state index is 13.3. The van der Waals surface area contributed by atoms with E-state index in [9.17, 15) is 40.2 Å². The van der Waals surface area contributed by atoms with Crippen LogP contribution in [0.15, 0.2) is 36.4 Å². The second-order valence-electron chi connectivity index (χ2n) is 20.3. The van der Waals surface area contributed by atoms with Crippen LogP contribution in [-0.2, 0) is 50.5 Å². The van der Waals surface area contributed by atoms with Crippen molar-refractivity contribution < 1.29 is 40.2 Å². The molecule has 12 nitrogen and oxygen atoms in total. The third-order valence-electron chi connectivity index (χ3n) is 11.2. The Labute approximate surface area is 348 Å². The smallest absolute Gasteiger partial charge is 0.239 e. The molecule has 12 heteroatoms. The molecule has 0 aliphatic heterocycles. The van der Waals surface area contributed by atoms with Gasteiger partial charge in [0, 0.05) is 41.5 Å². The molecule has 0 saturated carbocycles. The molecule has 2 heterocycles. The van der Waals surface area contributed by atoms with E-state index in [0.717, 1.165) is 42.7 Å². The minimum Gasteiger partial charge on any atom is -0.507 e. The number of amides is 2. The fourth-order valence-electron chi connectivity index (χ4n) is 7.90. The molecule has 320 valence electrons. The first-order valence-corrected chi connectivity index (χ1v) is 20.3. The molecule has 1 aliphatic carbocycles. The number of carbonyl (C=O) groups excluding carboxylic acids is 2. The Bertz CT molecular complexity index is 2250. The molecule has 2 aromatic heterocycles. The Balaban J connectivity index is 1.30. The summed E-state index contributed by atoms with van der Waals surface area (Å²) in [5.41, 5.74) is 10.3. The average molecular weight is 813 g/mol. The van der Waals surface area contributed by atoms with E-state index < -0.39 is 29.5 Å². The highest BCUT2D eigenvalue weighted by Gasteiger charge is 2.34. The van der Waals surface area contributed by atoms with Crippen LogP contribution < -0.4 is 10.9 Å². The molecule has 59 heavy (non-hydrogen) atoms.